The number of benzene rings is 1. The minimum absolute atomic E-state index is 0.727. The van der Waals surface area contributed by atoms with Gasteiger partial charge in [-0.1, -0.05) is 0 Å². The Morgan fingerprint density at radius 3 is 2.58 bits per heavy atom. The van der Waals surface area contributed by atoms with Crippen LogP contribution in [0.5, 0.6) is 5.75 Å². The van der Waals surface area contributed by atoms with Crippen molar-refractivity contribution in [2.45, 2.75) is 19.3 Å². The molecule has 0 aliphatic carbocycles. The number of nitrogens with zero attached hydrogens (tertiary/aromatic N) is 1. The van der Waals surface area contributed by atoms with E-state index in [1.807, 2.05) is 12.1 Å². The van der Waals surface area contributed by atoms with Gasteiger partial charge in [0.25, 0.3) is 0 Å². The summed E-state index contributed by atoms with van der Waals surface area (Å²) in [5.74, 6) is 0.948. The quantitative estimate of drug-likeness (QED) is 0.704. The second kappa shape index (κ2) is 8.02. The van der Waals surface area contributed by atoms with Crippen LogP contribution in [-0.4, -0.2) is 44.2 Å². The van der Waals surface area contributed by atoms with Crippen LogP contribution in [0.2, 0.25) is 0 Å². The fourth-order valence-corrected chi connectivity index (χ4v) is 2.30. The fourth-order valence-electron chi connectivity index (χ4n) is 2.30. The lowest BCUT2D eigenvalue weighted by Crippen LogP contribution is -2.25. The third kappa shape index (κ3) is 5.09. The Hall–Kier alpha value is -1.26. The van der Waals surface area contributed by atoms with Crippen molar-refractivity contribution < 1.29 is 4.74 Å². The molecule has 0 aromatic heterocycles. The molecule has 19 heavy (non-hydrogen) atoms. The number of anilines is 1. The molecule has 1 aromatic rings. The Morgan fingerprint density at radius 1 is 1.16 bits per heavy atom. The predicted molar refractivity (Wildman–Crippen MR) is 79.8 cm³/mol. The summed E-state index contributed by atoms with van der Waals surface area (Å²) in [5.41, 5.74) is 6.58. The zero-order chi connectivity index (χ0) is 13.3. The highest BCUT2D eigenvalue weighted by atomic mass is 16.5. The zero-order valence-corrected chi connectivity index (χ0v) is 11.6. The number of nitrogens with one attached hydrogen (secondary N) is 1. The normalized spacial score (nSPS) is 15.6. The molecule has 1 aliphatic rings. The molecule has 0 bridgehead atoms. The SMILES string of the molecule is NCCCNc1ccc(OCCN2CCCC2)cc1. The van der Waals surface area contributed by atoms with Gasteiger partial charge >= 0.3 is 0 Å². The van der Waals surface area contributed by atoms with Crippen molar-refractivity contribution in [2.75, 3.05) is 44.6 Å². The Labute approximate surface area is 115 Å². The standard InChI is InChI=1S/C15H25N3O/c16-8-3-9-17-14-4-6-15(7-5-14)19-13-12-18-10-1-2-11-18/h4-7,17H,1-3,8-13,16H2. The molecule has 1 heterocycles. The molecular weight excluding hydrogens is 238 g/mol. The zero-order valence-electron chi connectivity index (χ0n) is 11.6. The lowest BCUT2D eigenvalue weighted by Gasteiger charge is -2.15. The molecule has 3 N–H and O–H groups in total. The van der Waals surface area contributed by atoms with Crippen LogP contribution in [0.15, 0.2) is 24.3 Å². The van der Waals surface area contributed by atoms with Crippen molar-refractivity contribution in [2.24, 2.45) is 5.73 Å². The molecule has 0 spiro atoms. The van der Waals surface area contributed by atoms with Gasteiger partial charge in [-0.05, 0) is 63.2 Å². The van der Waals surface area contributed by atoms with E-state index >= 15 is 0 Å². The molecule has 0 unspecified atom stereocenters. The van der Waals surface area contributed by atoms with Crippen molar-refractivity contribution in [3.05, 3.63) is 24.3 Å². The van der Waals surface area contributed by atoms with Gasteiger partial charge in [-0.3, -0.25) is 4.90 Å². The first-order valence-corrected chi connectivity index (χ1v) is 7.27. The molecule has 1 saturated heterocycles. The first kappa shape index (κ1) is 14.2. The molecule has 106 valence electrons. The molecule has 0 amide bonds. The largest absolute Gasteiger partial charge is 0.492 e. The summed E-state index contributed by atoms with van der Waals surface area (Å²) >= 11 is 0. The smallest absolute Gasteiger partial charge is 0.119 e. The van der Waals surface area contributed by atoms with Gasteiger partial charge in [-0.25, -0.2) is 0 Å². The number of rotatable bonds is 8. The van der Waals surface area contributed by atoms with Crippen LogP contribution < -0.4 is 15.8 Å². The second-order valence-electron chi connectivity index (χ2n) is 4.99. The van der Waals surface area contributed by atoms with Gasteiger partial charge in [0, 0.05) is 18.8 Å². The van der Waals surface area contributed by atoms with E-state index in [2.05, 4.69) is 22.3 Å². The minimum atomic E-state index is 0.727. The maximum absolute atomic E-state index is 5.76. The lowest BCUT2D eigenvalue weighted by atomic mass is 10.3. The molecule has 1 aromatic carbocycles. The molecule has 4 heteroatoms. The van der Waals surface area contributed by atoms with Gasteiger partial charge in [-0.2, -0.15) is 0 Å². The number of ether oxygens (including phenoxy) is 1. The third-order valence-corrected chi connectivity index (χ3v) is 3.44. The van der Waals surface area contributed by atoms with E-state index in [-0.39, 0.29) is 0 Å². The summed E-state index contributed by atoms with van der Waals surface area (Å²) in [7, 11) is 0. The van der Waals surface area contributed by atoms with Gasteiger partial charge in [0.15, 0.2) is 0 Å². The van der Waals surface area contributed by atoms with Crippen LogP contribution >= 0.6 is 0 Å². The number of nitrogens with two attached hydrogens (primary N) is 1. The van der Waals surface area contributed by atoms with Crippen molar-refractivity contribution in [1.29, 1.82) is 0 Å². The molecule has 0 saturated carbocycles. The summed E-state index contributed by atoms with van der Waals surface area (Å²) in [4.78, 5) is 2.46. The third-order valence-electron chi connectivity index (χ3n) is 3.44. The second-order valence-corrected chi connectivity index (χ2v) is 4.99. The molecule has 1 aliphatic heterocycles. The highest BCUT2D eigenvalue weighted by Crippen LogP contribution is 2.16. The molecule has 2 rings (SSSR count). The lowest BCUT2D eigenvalue weighted by molar-refractivity contribution is 0.238. The molecular formula is C15H25N3O. The minimum Gasteiger partial charge on any atom is -0.492 e. The number of hydrogen-bond donors (Lipinski definition) is 2. The van der Waals surface area contributed by atoms with E-state index in [1.54, 1.807) is 0 Å². The van der Waals surface area contributed by atoms with Crippen molar-refractivity contribution in [1.82, 2.24) is 4.90 Å². The average molecular weight is 263 g/mol. The van der Waals surface area contributed by atoms with Crippen LogP contribution in [-0.2, 0) is 0 Å². The fraction of sp³-hybridized carbons (Fsp3) is 0.600. The van der Waals surface area contributed by atoms with Crippen LogP contribution in [0, 0.1) is 0 Å². The summed E-state index contributed by atoms with van der Waals surface area (Å²) in [6, 6.07) is 8.16. The van der Waals surface area contributed by atoms with E-state index in [9.17, 15) is 0 Å². The van der Waals surface area contributed by atoms with Crippen LogP contribution in [0.3, 0.4) is 0 Å². The number of likely N-dealkylation sites (tertiary alicyclic amines) is 1. The van der Waals surface area contributed by atoms with Gasteiger partial charge in [0.1, 0.15) is 12.4 Å². The van der Waals surface area contributed by atoms with Crippen molar-refractivity contribution in [3.63, 3.8) is 0 Å². The average Bonchev–Trinajstić information content (AvgIpc) is 2.94. The summed E-state index contributed by atoms with van der Waals surface area (Å²) in [5, 5.41) is 3.33. The van der Waals surface area contributed by atoms with E-state index in [4.69, 9.17) is 10.5 Å². The molecule has 1 fully saturated rings. The Morgan fingerprint density at radius 2 is 1.89 bits per heavy atom. The molecule has 0 radical (unpaired) electrons. The van der Waals surface area contributed by atoms with Gasteiger partial charge in [0.05, 0.1) is 0 Å². The maximum atomic E-state index is 5.76. The highest BCUT2D eigenvalue weighted by molar-refractivity contribution is 5.46. The Balaban J connectivity index is 1.66. The first-order chi connectivity index (χ1) is 9.38. The number of hydrogen-bond acceptors (Lipinski definition) is 4. The van der Waals surface area contributed by atoms with E-state index in [0.717, 1.165) is 44.1 Å². The topological polar surface area (TPSA) is 50.5 Å². The first-order valence-electron chi connectivity index (χ1n) is 7.27. The van der Waals surface area contributed by atoms with Crippen LogP contribution in [0.25, 0.3) is 0 Å². The predicted octanol–water partition coefficient (Wildman–Crippen LogP) is 1.92. The van der Waals surface area contributed by atoms with E-state index in [0.29, 0.717) is 0 Å². The summed E-state index contributed by atoms with van der Waals surface area (Å²) in [6.45, 7) is 5.92. The van der Waals surface area contributed by atoms with Crippen molar-refractivity contribution in [3.8, 4) is 5.75 Å². The monoisotopic (exact) mass is 263 g/mol. The molecule has 4 nitrogen and oxygen atoms in total. The van der Waals surface area contributed by atoms with Crippen molar-refractivity contribution >= 4 is 5.69 Å². The van der Waals surface area contributed by atoms with E-state index < -0.39 is 0 Å². The Bertz CT molecular complexity index is 347. The van der Waals surface area contributed by atoms with Gasteiger partial charge in [-0.15, -0.1) is 0 Å². The Kier molecular flexibility index (Phi) is 5.98. The van der Waals surface area contributed by atoms with Crippen LogP contribution in [0.4, 0.5) is 5.69 Å². The molecule has 0 atom stereocenters. The van der Waals surface area contributed by atoms with E-state index in [1.165, 1.54) is 25.9 Å². The van der Waals surface area contributed by atoms with Gasteiger partial charge in [0.2, 0.25) is 0 Å². The summed E-state index contributed by atoms with van der Waals surface area (Å²) < 4.78 is 5.76. The highest BCUT2D eigenvalue weighted by Gasteiger charge is 2.10. The summed E-state index contributed by atoms with van der Waals surface area (Å²) in [6.07, 6.45) is 3.67. The maximum Gasteiger partial charge on any atom is 0.119 e. The van der Waals surface area contributed by atoms with Gasteiger partial charge < -0.3 is 15.8 Å². The van der Waals surface area contributed by atoms with Crippen LogP contribution in [0.1, 0.15) is 19.3 Å².